The molecule has 2 rings (SSSR count). The fourth-order valence-electron chi connectivity index (χ4n) is 3.25. The Bertz CT molecular complexity index is 788. The van der Waals surface area contributed by atoms with Crippen LogP contribution in [0.4, 0.5) is 0 Å². The Labute approximate surface area is 198 Å². The Morgan fingerprint density at radius 2 is 2.07 bits per heavy atom. The van der Waals surface area contributed by atoms with Crippen molar-refractivity contribution in [1.29, 1.82) is 0 Å². The molecule has 2 atom stereocenters. The molecule has 1 aliphatic heterocycles. The quantitative estimate of drug-likeness (QED) is 0.249. The predicted molar refractivity (Wildman–Crippen MR) is 108 cm³/mol. The Morgan fingerprint density at radius 1 is 1.36 bits per heavy atom. The third kappa shape index (κ3) is 5.92. The number of methoxy groups -OCH3 is 2. The van der Waals surface area contributed by atoms with Crippen molar-refractivity contribution in [2.75, 3.05) is 34.4 Å². The average Bonchev–Trinajstić information content (AvgIpc) is 3.12. The summed E-state index contributed by atoms with van der Waals surface area (Å²) in [6.07, 6.45) is 0.591. The van der Waals surface area contributed by atoms with E-state index in [0.29, 0.717) is 19.5 Å². The molecule has 0 aromatic heterocycles. The van der Waals surface area contributed by atoms with Crippen molar-refractivity contribution in [1.82, 2.24) is 9.80 Å². The van der Waals surface area contributed by atoms with Crippen LogP contribution < -0.4 is 4.74 Å². The van der Waals surface area contributed by atoms with Crippen LogP contribution in [-0.2, 0) is 14.3 Å². The van der Waals surface area contributed by atoms with Crippen LogP contribution in [0.1, 0.15) is 17.5 Å². The molecule has 6 radical (unpaired) electrons. The molecule has 2 unspecified atom stereocenters. The van der Waals surface area contributed by atoms with E-state index in [1.165, 1.54) is 7.11 Å². The second kappa shape index (κ2) is 10.9. The summed E-state index contributed by atoms with van der Waals surface area (Å²) in [5.74, 6) is 7.00. The van der Waals surface area contributed by atoms with E-state index >= 15 is 0 Å². The van der Waals surface area contributed by atoms with Gasteiger partial charge in [0.25, 0.3) is 0 Å². The van der Waals surface area contributed by atoms with Gasteiger partial charge in [0, 0.05) is 0 Å². The molecule has 1 saturated heterocycles. The van der Waals surface area contributed by atoms with Gasteiger partial charge in [0.1, 0.15) is 5.75 Å². The van der Waals surface area contributed by atoms with Gasteiger partial charge < -0.3 is 4.74 Å². The topological polar surface area (TPSA) is 59.1 Å². The van der Waals surface area contributed by atoms with E-state index in [2.05, 4.69) is 16.7 Å². The molecule has 1 aromatic carbocycles. The number of rotatable bonds is 5. The van der Waals surface area contributed by atoms with Crippen molar-refractivity contribution >= 4 is 63.4 Å². The third-order valence-electron chi connectivity index (χ3n) is 4.86. The van der Waals surface area contributed by atoms with Crippen molar-refractivity contribution in [2.45, 2.75) is 26.5 Å². The molecule has 146 valence electrons. The number of amides is 1. The van der Waals surface area contributed by atoms with E-state index < -0.39 is 6.04 Å². The molecule has 1 amide bonds. The fourth-order valence-corrected chi connectivity index (χ4v) is 4.54. The average molecular weight is 771 g/mol. The van der Waals surface area contributed by atoms with E-state index in [-0.39, 0.29) is 19.0 Å². The molecule has 28 heavy (non-hydrogen) atoms. The molecule has 0 saturated carbocycles. The normalized spacial score (nSPS) is 18.8. The van der Waals surface area contributed by atoms with Crippen LogP contribution >= 0.6 is 0 Å². The first kappa shape index (κ1) is 23.6. The molecule has 0 N–H and O–H groups in total. The fraction of sp³-hybridized carbons (Fsp3) is 0.500. The molecule has 8 heteroatoms. The van der Waals surface area contributed by atoms with Crippen molar-refractivity contribution in [3.63, 3.8) is 0 Å². The van der Waals surface area contributed by atoms with Gasteiger partial charge in [-0.05, 0) is 6.92 Å². The molecule has 1 aliphatic rings. The number of likely N-dealkylation sites (tertiary alicyclic amines) is 1. The first-order valence-corrected chi connectivity index (χ1v) is 13.4. The minimum atomic E-state index is -0.479. The number of ether oxygens (including phenoxy) is 2. The molecule has 0 aliphatic carbocycles. The number of likely N-dealkylation sites (N-methyl/N-ethyl adjacent to an activating group) is 1. The van der Waals surface area contributed by atoms with Crippen molar-refractivity contribution < 1.29 is 19.1 Å². The number of carbonyl (C=O) groups excluding carboxylic acids is 2. The summed E-state index contributed by atoms with van der Waals surface area (Å²) in [4.78, 5) is 28.5. The molecular formula is C20H24N2O4Pb2. The zero-order valence-electron chi connectivity index (χ0n) is 16.6. The number of benzene rings is 1. The van der Waals surface area contributed by atoms with Crippen LogP contribution in [0.5, 0.6) is 5.75 Å². The van der Waals surface area contributed by atoms with Gasteiger partial charge in [0.05, 0.1) is 7.11 Å². The predicted octanol–water partition coefficient (Wildman–Crippen LogP) is 0.512. The number of hydrogen-bond acceptors (Lipinski definition) is 5. The van der Waals surface area contributed by atoms with Gasteiger partial charge in [-0.3, -0.25) is 0 Å². The Kier molecular flexibility index (Phi) is 9.20. The Morgan fingerprint density at radius 3 is 2.64 bits per heavy atom. The molecule has 0 spiro atoms. The summed E-state index contributed by atoms with van der Waals surface area (Å²) < 4.78 is 10.3. The number of hydrogen-bond donors (Lipinski definition) is 0. The molecule has 1 fully saturated rings. The standard InChI is InChI=1S/C20H24N2O4.2Pb/c1-14-11-16(8-9-19(14)25-4)7-6-10-21(3)17-12-18(20(24)26-5)22(13-17)15(2)23;;/h2,8-9,11,17-18H,10,12-13H2,1,3-5H3;;. The van der Waals surface area contributed by atoms with E-state index in [9.17, 15) is 9.59 Å². The van der Waals surface area contributed by atoms with Crippen molar-refractivity contribution in [2.24, 2.45) is 0 Å². The summed E-state index contributed by atoms with van der Waals surface area (Å²) in [6.45, 7) is 3.11. The van der Waals surface area contributed by atoms with Crippen LogP contribution in [0, 0.1) is 18.8 Å². The van der Waals surface area contributed by atoms with Gasteiger partial charge in [-0.1, -0.05) is 0 Å². The van der Waals surface area contributed by atoms with Crippen molar-refractivity contribution in [3.05, 3.63) is 29.3 Å². The van der Waals surface area contributed by atoms with Gasteiger partial charge >= 0.3 is 175 Å². The van der Waals surface area contributed by atoms with E-state index in [4.69, 9.17) is 9.47 Å². The minimum absolute atomic E-state index is 0.0991. The second-order valence-corrected chi connectivity index (χ2v) is 20.0. The summed E-state index contributed by atoms with van der Waals surface area (Å²) >= 11 is 1.65. The Balaban J connectivity index is 2.04. The molecule has 1 heterocycles. The first-order valence-electron chi connectivity index (χ1n) is 8.92. The SMILES string of the molecule is COC(=O)C1CC(N(C)CC#Cc2ccc(OC)c(C)c2)CN1C(=O)[CH]([Pb])[Pb]. The second-order valence-electron chi connectivity index (χ2n) is 6.75. The molecule has 1 aromatic rings. The van der Waals surface area contributed by atoms with Crippen LogP contribution in [0.3, 0.4) is 0 Å². The van der Waals surface area contributed by atoms with Gasteiger partial charge in [0.2, 0.25) is 0 Å². The third-order valence-corrected chi connectivity index (χ3v) is 6.78. The number of nitrogens with zero attached hydrogens (tertiary/aromatic N) is 2. The van der Waals surface area contributed by atoms with E-state index in [0.717, 1.165) is 68.4 Å². The van der Waals surface area contributed by atoms with Gasteiger partial charge in [0.15, 0.2) is 0 Å². The van der Waals surface area contributed by atoms with E-state index in [1.807, 2.05) is 32.2 Å². The first-order chi connectivity index (χ1) is 13.3. The zero-order chi connectivity index (χ0) is 20.8. The van der Waals surface area contributed by atoms with Crippen LogP contribution in [-0.4, -0.2) is 120 Å². The molecular weight excluding hydrogens is 747 g/mol. The number of carbonyl (C=O) groups is 2. The van der Waals surface area contributed by atoms with Gasteiger partial charge in [-0.2, -0.15) is 0 Å². The summed E-state index contributed by atoms with van der Waals surface area (Å²) in [5, 5.41) is 0. The molecule has 6 nitrogen and oxygen atoms in total. The van der Waals surface area contributed by atoms with Crippen molar-refractivity contribution in [3.8, 4) is 17.6 Å². The monoisotopic (exact) mass is 772 g/mol. The zero-order valence-corrected chi connectivity index (χ0v) is 24.4. The number of aryl methyl sites for hydroxylation is 1. The summed E-state index contributed by atoms with van der Waals surface area (Å²) in [5.41, 5.74) is 1.99. The van der Waals surface area contributed by atoms with Crippen LogP contribution in [0.25, 0.3) is 0 Å². The van der Waals surface area contributed by atoms with Crippen LogP contribution in [0.2, 0.25) is 1.04 Å². The summed E-state index contributed by atoms with van der Waals surface area (Å²) in [7, 11) is 5.02. The Hall–Kier alpha value is -0.676. The van der Waals surface area contributed by atoms with Gasteiger partial charge in [-0.15, -0.1) is 0 Å². The number of esters is 1. The van der Waals surface area contributed by atoms with E-state index in [1.54, 1.807) is 12.0 Å². The molecule has 0 bridgehead atoms. The maximum atomic E-state index is 12.6. The van der Waals surface area contributed by atoms with Crippen LogP contribution in [0.15, 0.2) is 18.2 Å². The summed E-state index contributed by atoms with van der Waals surface area (Å²) in [6, 6.07) is 5.49. The maximum absolute atomic E-state index is 12.6. The van der Waals surface area contributed by atoms with Gasteiger partial charge in [-0.25, -0.2) is 0 Å².